The van der Waals surface area contributed by atoms with E-state index in [9.17, 15) is 9.59 Å². The number of carbonyl (C=O) groups excluding carboxylic acids is 2. The molecule has 2 aromatic heterocycles. The maximum Gasteiger partial charge on any atom is 0.313 e. The summed E-state index contributed by atoms with van der Waals surface area (Å²) in [6.07, 6.45) is 5.17. The largest absolute Gasteiger partial charge is 0.466 e. The van der Waals surface area contributed by atoms with Gasteiger partial charge in [-0.25, -0.2) is 4.98 Å². The topological polar surface area (TPSA) is 93.2 Å². The average molecular weight is 441 g/mol. The Hall–Kier alpha value is -4.26. The van der Waals surface area contributed by atoms with E-state index in [1.165, 1.54) is 0 Å². The van der Waals surface area contributed by atoms with Gasteiger partial charge in [-0.1, -0.05) is 18.2 Å². The third kappa shape index (κ3) is 5.15. The molecule has 4 rings (SSSR count). The van der Waals surface area contributed by atoms with Crippen molar-refractivity contribution in [2.24, 2.45) is 0 Å². The van der Waals surface area contributed by atoms with E-state index in [1.54, 1.807) is 56.7 Å². The molecule has 0 fully saturated rings. The molecule has 0 radical (unpaired) electrons. The summed E-state index contributed by atoms with van der Waals surface area (Å²) in [7, 11) is 0. The van der Waals surface area contributed by atoms with Crippen LogP contribution in [0.25, 0.3) is 10.8 Å². The molecule has 33 heavy (non-hydrogen) atoms. The second-order valence-electron chi connectivity index (χ2n) is 7.51. The van der Waals surface area contributed by atoms with Gasteiger partial charge in [-0.3, -0.25) is 14.6 Å². The Bertz CT molecular complexity index is 1290. The van der Waals surface area contributed by atoms with Gasteiger partial charge in [-0.2, -0.15) is 0 Å². The van der Waals surface area contributed by atoms with E-state index in [2.05, 4.69) is 20.6 Å². The number of nitrogens with zero attached hydrogens (tertiary/aromatic N) is 2. The number of nitrogens with one attached hydrogen (secondary N) is 2. The molecule has 166 valence electrons. The van der Waals surface area contributed by atoms with Gasteiger partial charge in [0.1, 0.15) is 5.82 Å². The highest BCUT2D eigenvalue weighted by atomic mass is 16.5. The summed E-state index contributed by atoms with van der Waals surface area (Å²) in [6.45, 7) is 3.92. The maximum absolute atomic E-state index is 13.0. The first-order chi connectivity index (χ1) is 16.0. The number of amides is 1. The molecule has 0 aliphatic carbocycles. The lowest BCUT2D eigenvalue weighted by molar-refractivity contribution is -0.144. The standard InChI is InChI=1S/C26H24N4O3/c1-3-33-26(32)17(2)18-6-9-21(10-7-18)30-25(31)23-5-4-13-28-24(23)29-22-11-8-19-12-14-27-16-20(19)15-22/h4-17H,3H2,1-2H3,(H,28,29)(H,30,31)/t17-/m0/s1. The molecule has 0 saturated heterocycles. The Labute approximate surface area is 191 Å². The molecular weight excluding hydrogens is 416 g/mol. The number of anilines is 3. The molecule has 0 aliphatic heterocycles. The van der Waals surface area contributed by atoms with Crippen molar-refractivity contribution in [1.82, 2.24) is 9.97 Å². The number of ether oxygens (including phenoxy) is 1. The number of fused-ring (bicyclic) bond motifs is 1. The highest BCUT2D eigenvalue weighted by molar-refractivity contribution is 6.08. The summed E-state index contributed by atoms with van der Waals surface area (Å²) < 4.78 is 5.07. The third-order valence-electron chi connectivity index (χ3n) is 5.26. The van der Waals surface area contributed by atoms with Crippen molar-refractivity contribution in [2.45, 2.75) is 19.8 Å². The van der Waals surface area contributed by atoms with Crippen LogP contribution in [0.3, 0.4) is 0 Å². The van der Waals surface area contributed by atoms with Gasteiger partial charge in [-0.05, 0) is 67.3 Å². The minimum absolute atomic E-state index is 0.273. The number of aromatic nitrogens is 2. The number of rotatable bonds is 7. The molecule has 0 unspecified atom stereocenters. The summed E-state index contributed by atoms with van der Waals surface area (Å²) in [5, 5.41) is 8.18. The van der Waals surface area contributed by atoms with Crippen molar-refractivity contribution in [3.63, 3.8) is 0 Å². The van der Waals surface area contributed by atoms with Crippen LogP contribution in [-0.2, 0) is 9.53 Å². The fourth-order valence-corrected chi connectivity index (χ4v) is 3.44. The number of carbonyl (C=O) groups is 2. The predicted octanol–water partition coefficient (Wildman–Crippen LogP) is 5.29. The molecular formula is C26H24N4O3. The molecule has 1 atom stereocenters. The van der Waals surface area contributed by atoms with Gasteiger partial charge < -0.3 is 15.4 Å². The number of pyridine rings is 2. The Balaban J connectivity index is 1.49. The Morgan fingerprint density at radius 1 is 0.970 bits per heavy atom. The quantitative estimate of drug-likeness (QED) is 0.379. The molecule has 0 aliphatic rings. The Morgan fingerprint density at radius 3 is 2.55 bits per heavy atom. The summed E-state index contributed by atoms with van der Waals surface area (Å²) >= 11 is 0. The monoisotopic (exact) mass is 440 g/mol. The fraction of sp³-hybridized carbons (Fsp3) is 0.154. The van der Waals surface area contributed by atoms with Crippen molar-refractivity contribution in [1.29, 1.82) is 0 Å². The zero-order valence-electron chi connectivity index (χ0n) is 18.4. The lowest BCUT2D eigenvalue weighted by Gasteiger charge is -2.13. The summed E-state index contributed by atoms with van der Waals surface area (Å²) in [6, 6.07) is 18.4. The molecule has 2 heterocycles. The van der Waals surface area contributed by atoms with Crippen molar-refractivity contribution in [2.75, 3.05) is 17.2 Å². The minimum atomic E-state index is -0.374. The van der Waals surface area contributed by atoms with Gasteiger partial charge in [-0.15, -0.1) is 0 Å². The van der Waals surface area contributed by atoms with E-state index < -0.39 is 0 Å². The van der Waals surface area contributed by atoms with E-state index in [-0.39, 0.29) is 17.8 Å². The van der Waals surface area contributed by atoms with Crippen LogP contribution in [0.2, 0.25) is 0 Å². The lowest BCUT2D eigenvalue weighted by atomic mass is 10.0. The van der Waals surface area contributed by atoms with E-state index in [4.69, 9.17) is 4.74 Å². The van der Waals surface area contributed by atoms with Crippen LogP contribution in [0.5, 0.6) is 0 Å². The number of esters is 1. The van der Waals surface area contributed by atoms with Crippen LogP contribution in [0.4, 0.5) is 17.2 Å². The van der Waals surface area contributed by atoms with Crippen LogP contribution >= 0.6 is 0 Å². The molecule has 2 N–H and O–H groups in total. The second-order valence-corrected chi connectivity index (χ2v) is 7.51. The van der Waals surface area contributed by atoms with Gasteiger partial charge in [0.05, 0.1) is 18.1 Å². The van der Waals surface area contributed by atoms with Crippen LogP contribution in [-0.4, -0.2) is 28.5 Å². The summed E-state index contributed by atoms with van der Waals surface area (Å²) in [4.78, 5) is 33.4. The zero-order chi connectivity index (χ0) is 23.2. The third-order valence-corrected chi connectivity index (χ3v) is 5.26. The second kappa shape index (κ2) is 9.91. The smallest absolute Gasteiger partial charge is 0.313 e. The molecule has 7 nitrogen and oxygen atoms in total. The first-order valence-corrected chi connectivity index (χ1v) is 10.7. The van der Waals surface area contributed by atoms with Gasteiger partial charge >= 0.3 is 5.97 Å². The molecule has 0 spiro atoms. The fourth-order valence-electron chi connectivity index (χ4n) is 3.44. The minimum Gasteiger partial charge on any atom is -0.466 e. The molecule has 0 saturated carbocycles. The Morgan fingerprint density at radius 2 is 1.76 bits per heavy atom. The highest BCUT2D eigenvalue weighted by Crippen LogP contribution is 2.24. The molecule has 7 heteroatoms. The predicted molar refractivity (Wildman–Crippen MR) is 129 cm³/mol. The van der Waals surface area contributed by atoms with Gasteiger partial charge in [0.2, 0.25) is 0 Å². The van der Waals surface area contributed by atoms with E-state index in [0.29, 0.717) is 23.7 Å². The van der Waals surface area contributed by atoms with E-state index >= 15 is 0 Å². The van der Waals surface area contributed by atoms with Crippen molar-refractivity contribution < 1.29 is 14.3 Å². The maximum atomic E-state index is 13.0. The highest BCUT2D eigenvalue weighted by Gasteiger charge is 2.17. The lowest BCUT2D eigenvalue weighted by Crippen LogP contribution is -2.15. The molecule has 1 amide bonds. The van der Waals surface area contributed by atoms with Crippen LogP contribution in [0.1, 0.15) is 35.7 Å². The van der Waals surface area contributed by atoms with Crippen LogP contribution < -0.4 is 10.6 Å². The van der Waals surface area contributed by atoms with Crippen molar-refractivity contribution >= 4 is 39.8 Å². The number of hydrogen-bond donors (Lipinski definition) is 2. The normalized spacial score (nSPS) is 11.6. The SMILES string of the molecule is CCOC(=O)[C@@H](C)c1ccc(NC(=O)c2cccnc2Nc2ccc3ccncc3c2)cc1. The average Bonchev–Trinajstić information content (AvgIpc) is 2.84. The Kier molecular flexibility index (Phi) is 6.59. The molecule has 0 bridgehead atoms. The first-order valence-electron chi connectivity index (χ1n) is 10.7. The van der Waals surface area contributed by atoms with Gasteiger partial charge in [0, 0.05) is 35.4 Å². The van der Waals surface area contributed by atoms with Crippen LogP contribution in [0.15, 0.2) is 79.3 Å². The van der Waals surface area contributed by atoms with Gasteiger partial charge in [0.15, 0.2) is 0 Å². The van der Waals surface area contributed by atoms with E-state index in [0.717, 1.165) is 22.0 Å². The number of hydrogen-bond acceptors (Lipinski definition) is 6. The summed E-state index contributed by atoms with van der Waals surface area (Å²) in [5.41, 5.74) is 2.65. The van der Waals surface area contributed by atoms with Gasteiger partial charge in [0.25, 0.3) is 5.91 Å². The number of benzene rings is 2. The van der Waals surface area contributed by atoms with E-state index in [1.807, 2.05) is 36.4 Å². The molecule has 2 aromatic carbocycles. The van der Waals surface area contributed by atoms with Crippen LogP contribution in [0, 0.1) is 0 Å². The summed E-state index contributed by atoms with van der Waals surface area (Å²) in [5.74, 6) is -0.490. The van der Waals surface area contributed by atoms with Crippen molar-refractivity contribution in [3.8, 4) is 0 Å². The van der Waals surface area contributed by atoms with Crippen molar-refractivity contribution in [3.05, 3.63) is 90.4 Å². The first kappa shape index (κ1) is 22.0. The zero-order valence-corrected chi connectivity index (χ0v) is 18.4. The molecule has 4 aromatic rings.